The molecule has 0 bridgehead atoms. The molecule has 0 saturated carbocycles. The molecule has 106 valence electrons. The van der Waals surface area contributed by atoms with E-state index in [1.807, 2.05) is 13.0 Å². The van der Waals surface area contributed by atoms with Gasteiger partial charge in [0.25, 0.3) is 10.0 Å². The predicted molar refractivity (Wildman–Crippen MR) is 80.5 cm³/mol. The summed E-state index contributed by atoms with van der Waals surface area (Å²) in [5.41, 5.74) is 6.61. The molecule has 0 aliphatic heterocycles. The summed E-state index contributed by atoms with van der Waals surface area (Å²) in [7, 11) is -4.08. The largest absolute Gasteiger partial charge is 0.398 e. The molecule has 0 atom stereocenters. The third kappa shape index (κ3) is 3.10. The number of sulfonamides is 1. The molecule has 0 spiro atoms. The Morgan fingerprint density at radius 1 is 1.25 bits per heavy atom. The summed E-state index contributed by atoms with van der Waals surface area (Å²) in [5.74, 6) is -0.885. The molecule has 0 radical (unpaired) electrons. The highest BCUT2D eigenvalue weighted by Crippen LogP contribution is 2.26. The van der Waals surface area contributed by atoms with Crippen LogP contribution in [-0.2, 0) is 10.0 Å². The van der Waals surface area contributed by atoms with Crippen LogP contribution in [0.4, 0.5) is 15.8 Å². The summed E-state index contributed by atoms with van der Waals surface area (Å²) in [4.78, 5) is -0.544. The summed E-state index contributed by atoms with van der Waals surface area (Å²) >= 11 is 3.27. The molecular weight excluding hydrogens is 347 g/mol. The molecule has 0 fully saturated rings. The molecule has 0 aromatic heterocycles. The highest BCUT2D eigenvalue weighted by atomic mass is 79.9. The number of nitrogens with two attached hydrogens (primary N) is 1. The number of aryl methyl sites for hydroxylation is 1. The Bertz CT molecular complexity index is 722. The second-order valence-corrected chi connectivity index (χ2v) is 6.82. The maximum atomic E-state index is 13.7. The van der Waals surface area contributed by atoms with Crippen molar-refractivity contribution in [2.45, 2.75) is 11.8 Å². The van der Waals surface area contributed by atoms with E-state index in [2.05, 4.69) is 20.7 Å². The van der Waals surface area contributed by atoms with Gasteiger partial charge in [0.2, 0.25) is 0 Å². The molecule has 0 heterocycles. The zero-order valence-corrected chi connectivity index (χ0v) is 12.9. The van der Waals surface area contributed by atoms with Crippen molar-refractivity contribution in [2.75, 3.05) is 10.5 Å². The van der Waals surface area contributed by atoms with E-state index in [9.17, 15) is 12.8 Å². The van der Waals surface area contributed by atoms with Gasteiger partial charge >= 0.3 is 0 Å². The van der Waals surface area contributed by atoms with Gasteiger partial charge in [0.1, 0.15) is 10.7 Å². The lowest BCUT2D eigenvalue weighted by atomic mass is 10.2. The lowest BCUT2D eigenvalue weighted by Gasteiger charge is -2.11. The Morgan fingerprint density at radius 3 is 2.55 bits per heavy atom. The van der Waals surface area contributed by atoms with Gasteiger partial charge in [0, 0.05) is 4.47 Å². The van der Waals surface area contributed by atoms with Crippen molar-refractivity contribution in [3.8, 4) is 0 Å². The van der Waals surface area contributed by atoms with Gasteiger partial charge in [-0.3, -0.25) is 4.72 Å². The first-order chi connectivity index (χ1) is 9.29. The zero-order valence-electron chi connectivity index (χ0n) is 10.5. The van der Waals surface area contributed by atoms with E-state index in [0.717, 1.165) is 16.1 Å². The topological polar surface area (TPSA) is 72.2 Å². The van der Waals surface area contributed by atoms with Crippen LogP contribution in [-0.4, -0.2) is 8.42 Å². The molecule has 0 amide bonds. The number of halogens is 2. The maximum Gasteiger partial charge on any atom is 0.266 e. The lowest BCUT2D eigenvalue weighted by molar-refractivity contribution is 0.572. The van der Waals surface area contributed by atoms with Crippen molar-refractivity contribution < 1.29 is 12.8 Å². The van der Waals surface area contributed by atoms with Crippen molar-refractivity contribution in [3.05, 3.63) is 52.3 Å². The average molecular weight is 359 g/mol. The standard InChI is InChI=1S/C13H12BrFN2O2S/c1-8-5-9(14)7-10(6-8)17-20(18,19)13-11(15)3-2-4-12(13)16/h2-7,17H,16H2,1H3. The molecule has 0 aliphatic rings. The van der Waals surface area contributed by atoms with Crippen LogP contribution in [0, 0.1) is 12.7 Å². The normalized spacial score (nSPS) is 11.3. The predicted octanol–water partition coefficient (Wildman–Crippen LogP) is 3.28. The van der Waals surface area contributed by atoms with Gasteiger partial charge in [0.05, 0.1) is 11.4 Å². The lowest BCUT2D eigenvalue weighted by Crippen LogP contribution is -2.16. The van der Waals surface area contributed by atoms with Crippen LogP contribution in [0.2, 0.25) is 0 Å². The quantitative estimate of drug-likeness (QED) is 0.827. The second kappa shape index (κ2) is 5.41. The molecule has 0 saturated heterocycles. The van der Waals surface area contributed by atoms with Gasteiger partial charge in [-0.15, -0.1) is 0 Å². The van der Waals surface area contributed by atoms with Crippen molar-refractivity contribution in [1.82, 2.24) is 0 Å². The summed E-state index contributed by atoms with van der Waals surface area (Å²) in [6.07, 6.45) is 0. The van der Waals surface area contributed by atoms with Crippen LogP contribution in [0.1, 0.15) is 5.56 Å². The number of anilines is 2. The SMILES string of the molecule is Cc1cc(Br)cc(NS(=O)(=O)c2c(N)cccc2F)c1. The van der Waals surface area contributed by atoms with Crippen LogP contribution in [0.3, 0.4) is 0 Å². The van der Waals surface area contributed by atoms with Crippen molar-refractivity contribution >= 4 is 37.3 Å². The van der Waals surface area contributed by atoms with Crippen molar-refractivity contribution in [2.24, 2.45) is 0 Å². The summed E-state index contributed by atoms with van der Waals surface area (Å²) < 4.78 is 41.2. The van der Waals surface area contributed by atoms with E-state index in [1.54, 1.807) is 12.1 Å². The van der Waals surface area contributed by atoms with Crippen LogP contribution in [0.5, 0.6) is 0 Å². The monoisotopic (exact) mass is 358 g/mol. The van der Waals surface area contributed by atoms with Crippen molar-refractivity contribution in [1.29, 1.82) is 0 Å². The Labute approximate surface area is 125 Å². The highest BCUT2D eigenvalue weighted by molar-refractivity contribution is 9.10. The van der Waals surface area contributed by atoms with E-state index in [0.29, 0.717) is 5.69 Å². The molecule has 20 heavy (non-hydrogen) atoms. The van der Waals surface area contributed by atoms with Crippen LogP contribution in [0.15, 0.2) is 45.8 Å². The van der Waals surface area contributed by atoms with Crippen LogP contribution in [0.25, 0.3) is 0 Å². The summed E-state index contributed by atoms with van der Waals surface area (Å²) in [6.45, 7) is 1.82. The minimum atomic E-state index is -4.08. The fourth-order valence-electron chi connectivity index (χ4n) is 1.81. The van der Waals surface area contributed by atoms with Gasteiger partial charge in [-0.25, -0.2) is 12.8 Å². The van der Waals surface area contributed by atoms with E-state index in [4.69, 9.17) is 5.73 Å². The maximum absolute atomic E-state index is 13.7. The molecule has 0 unspecified atom stereocenters. The third-order valence-corrected chi connectivity index (χ3v) is 4.49. The smallest absolute Gasteiger partial charge is 0.266 e. The number of hydrogen-bond donors (Lipinski definition) is 2. The molecule has 4 nitrogen and oxygen atoms in total. The van der Waals surface area contributed by atoms with Crippen LogP contribution >= 0.6 is 15.9 Å². The second-order valence-electron chi connectivity index (χ2n) is 4.28. The van der Waals surface area contributed by atoms with E-state index < -0.39 is 20.7 Å². The summed E-state index contributed by atoms with van der Waals surface area (Å²) in [5, 5.41) is 0. The van der Waals surface area contributed by atoms with Gasteiger partial charge in [0.15, 0.2) is 0 Å². The Hall–Kier alpha value is -1.60. The number of nitrogens with one attached hydrogen (secondary N) is 1. The number of nitrogen functional groups attached to an aromatic ring is 1. The molecule has 2 rings (SSSR count). The molecule has 7 heteroatoms. The van der Waals surface area contributed by atoms with Crippen molar-refractivity contribution in [3.63, 3.8) is 0 Å². The Balaban J connectivity index is 2.46. The summed E-state index contributed by atoms with van der Waals surface area (Å²) in [6, 6.07) is 8.80. The first-order valence-corrected chi connectivity index (χ1v) is 7.91. The molecular formula is C13H12BrFN2O2S. The first kappa shape index (κ1) is 14.8. The Morgan fingerprint density at radius 2 is 1.95 bits per heavy atom. The number of rotatable bonds is 3. The number of benzene rings is 2. The van der Waals surface area contributed by atoms with Gasteiger partial charge in [-0.05, 0) is 42.8 Å². The highest BCUT2D eigenvalue weighted by Gasteiger charge is 2.22. The number of hydrogen-bond acceptors (Lipinski definition) is 3. The molecule has 2 aromatic rings. The first-order valence-electron chi connectivity index (χ1n) is 5.63. The molecule has 2 aromatic carbocycles. The van der Waals surface area contributed by atoms with Gasteiger partial charge < -0.3 is 5.73 Å². The molecule has 0 aliphatic carbocycles. The molecule has 3 N–H and O–H groups in total. The van der Waals surface area contributed by atoms with Gasteiger partial charge in [-0.1, -0.05) is 22.0 Å². The average Bonchev–Trinajstić information content (AvgIpc) is 2.25. The van der Waals surface area contributed by atoms with Crippen LogP contribution < -0.4 is 10.5 Å². The van der Waals surface area contributed by atoms with Gasteiger partial charge in [-0.2, -0.15) is 0 Å². The van der Waals surface area contributed by atoms with E-state index >= 15 is 0 Å². The minimum absolute atomic E-state index is 0.135. The zero-order chi connectivity index (χ0) is 14.9. The third-order valence-electron chi connectivity index (χ3n) is 2.56. The minimum Gasteiger partial charge on any atom is -0.398 e. The fourth-order valence-corrected chi connectivity index (χ4v) is 3.65. The Kier molecular flexibility index (Phi) is 4.01. The van der Waals surface area contributed by atoms with E-state index in [-0.39, 0.29) is 5.69 Å². The fraction of sp³-hybridized carbons (Fsp3) is 0.0769. The van der Waals surface area contributed by atoms with E-state index in [1.165, 1.54) is 12.1 Å².